The zero-order valence-corrected chi connectivity index (χ0v) is 11.2. The molecule has 1 amide bonds. The van der Waals surface area contributed by atoms with Crippen LogP contribution in [0, 0.1) is 0 Å². The van der Waals surface area contributed by atoms with E-state index in [1.165, 1.54) is 7.11 Å². The molecular weight excluding hydrogens is 274 g/mol. The van der Waals surface area contributed by atoms with Gasteiger partial charge in [-0.3, -0.25) is 9.59 Å². The molecule has 1 fully saturated rings. The summed E-state index contributed by atoms with van der Waals surface area (Å²) in [6, 6.07) is 0. The molecule has 5 heteroatoms. The number of ether oxygens (including phenoxy) is 1. The second-order valence-corrected chi connectivity index (χ2v) is 5.10. The molecule has 16 heavy (non-hydrogen) atoms. The number of amides is 1. The number of rotatable bonds is 3. The maximum absolute atomic E-state index is 11.8. The second-order valence-electron chi connectivity index (χ2n) is 3.99. The monoisotopic (exact) mass is 291 g/mol. The van der Waals surface area contributed by atoms with Gasteiger partial charge in [-0.25, -0.2) is 0 Å². The van der Waals surface area contributed by atoms with Gasteiger partial charge in [0, 0.05) is 19.5 Å². The standard InChI is InChI=1S/C11H18BrNO3/c1-16-11(15)9(12)8-13-7-5-3-2-4-6-10(13)14/h9H,2-8H2,1H3. The lowest BCUT2D eigenvalue weighted by atomic mass is 10.1. The van der Waals surface area contributed by atoms with Crippen LogP contribution in [0.1, 0.15) is 32.1 Å². The highest BCUT2D eigenvalue weighted by Crippen LogP contribution is 2.14. The Morgan fingerprint density at radius 1 is 1.44 bits per heavy atom. The molecular formula is C11H18BrNO3. The maximum Gasteiger partial charge on any atom is 0.321 e. The second kappa shape index (κ2) is 6.89. The van der Waals surface area contributed by atoms with Gasteiger partial charge in [-0.1, -0.05) is 28.8 Å². The number of alkyl halides is 1. The van der Waals surface area contributed by atoms with Crippen molar-refractivity contribution in [1.82, 2.24) is 4.90 Å². The van der Waals surface area contributed by atoms with Crippen LogP contribution in [0.5, 0.6) is 0 Å². The minimum absolute atomic E-state index is 0.146. The van der Waals surface area contributed by atoms with E-state index in [9.17, 15) is 9.59 Å². The zero-order valence-electron chi connectivity index (χ0n) is 9.58. The first kappa shape index (κ1) is 13.5. The Kier molecular flexibility index (Phi) is 5.80. The maximum atomic E-state index is 11.8. The molecule has 1 aliphatic heterocycles. The third-order valence-electron chi connectivity index (χ3n) is 2.76. The third kappa shape index (κ3) is 4.12. The third-order valence-corrected chi connectivity index (χ3v) is 3.42. The molecule has 1 unspecified atom stereocenters. The van der Waals surface area contributed by atoms with Crippen LogP contribution >= 0.6 is 15.9 Å². The van der Waals surface area contributed by atoms with E-state index in [2.05, 4.69) is 20.7 Å². The van der Waals surface area contributed by atoms with Crippen LogP contribution in [0.15, 0.2) is 0 Å². The first-order valence-corrected chi connectivity index (χ1v) is 6.56. The van der Waals surface area contributed by atoms with Gasteiger partial charge in [0.25, 0.3) is 0 Å². The quantitative estimate of drug-likeness (QED) is 0.588. The number of likely N-dealkylation sites (tertiary alicyclic amines) is 1. The number of nitrogens with zero attached hydrogens (tertiary/aromatic N) is 1. The molecule has 1 aliphatic rings. The highest BCUT2D eigenvalue weighted by atomic mass is 79.9. The summed E-state index contributed by atoms with van der Waals surface area (Å²) in [7, 11) is 1.35. The molecule has 0 N–H and O–H groups in total. The first-order valence-electron chi connectivity index (χ1n) is 5.65. The number of esters is 1. The van der Waals surface area contributed by atoms with E-state index in [0.717, 1.165) is 32.2 Å². The Labute approximate surface area is 104 Å². The molecule has 1 saturated heterocycles. The van der Waals surface area contributed by atoms with E-state index >= 15 is 0 Å². The average Bonchev–Trinajstić information content (AvgIpc) is 2.27. The van der Waals surface area contributed by atoms with Crippen molar-refractivity contribution in [3.63, 3.8) is 0 Å². The lowest BCUT2D eigenvalue weighted by Crippen LogP contribution is -2.39. The van der Waals surface area contributed by atoms with Crippen LogP contribution in [0.25, 0.3) is 0 Å². The molecule has 4 nitrogen and oxygen atoms in total. The van der Waals surface area contributed by atoms with Crippen LogP contribution in [0.4, 0.5) is 0 Å². The predicted molar refractivity (Wildman–Crippen MR) is 64.4 cm³/mol. The van der Waals surface area contributed by atoms with Crippen molar-refractivity contribution in [1.29, 1.82) is 0 Å². The molecule has 0 radical (unpaired) electrons. The number of hydrogen-bond donors (Lipinski definition) is 0. The molecule has 1 rings (SSSR count). The number of carbonyl (C=O) groups excluding carboxylic acids is 2. The summed E-state index contributed by atoms with van der Waals surface area (Å²) < 4.78 is 4.62. The van der Waals surface area contributed by atoms with Gasteiger partial charge in [0.15, 0.2) is 0 Å². The molecule has 1 atom stereocenters. The lowest BCUT2D eigenvalue weighted by Gasteiger charge is -2.26. The Balaban J connectivity index is 2.48. The predicted octanol–water partition coefficient (Wildman–Crippen LogP) is 1.72. The summed E-state index contributed by atoms with van der Waals surface area (Å²) in [5.41, 5.74) is 0. The summed E-state index contributed by atoms with van der Waals surface area (Å²) >= 11 is 3.24. The van der Waals surface area contributed by atoms with Crippen molar-refractivity contribution in [3.8, 4) is 0 Å². The molecule has 0 aliphatic carbocycles. The number of carbonyl (C=O) groups is 2. The van der Waals surface area contributed by atoms with Crippen molar-refractivity contribution >= 4 is 27.8 Å². The summed E-state index contributed by atoms with van der Waals surface area (Å²) in [4.78, 5) is 24.3. The van der Waals surface area contributed by atoms with Crippen molar-refractivity contribution in [2.75, 3.05) is 20.2 Å². The normalized spacial score (nSPS) is 19.9. The van der Waals surface area contributed by atoms with Gasteiger partial charge in [-0.05, 0) is 12.8 Å². The van der Waals surface area contributed by atoms with Crippen LogP contribution < -0.4 is 0 Å². The fourth-order valence-corrected chi connectivity index (χ4v) is 2.34. The van der Waals surface area contributed by atoms with Crippen molar-refractivity contribution < 1.29 is 14.3 Å². The minimum Gasteiger partial charge on any atom is -0.468 e. The van der Waals surface area contributed by atoms with E-state index in [-0.39, 0.29) is 11.9 Å². The van der Waals surface area contributed by atoms with E-state index in [1.807, 2.05) is 0 Å². The molecule has 0 aromatic carbocycles. The molecule has 92 valence electrons. The smallest absolute Gasteiger partial charge is 0.321 e. The summed E-state index contributed by atoms with van der Waals surface area (Å²) in [5.74, 6) is -0.178. The fraction of sp³-hybridized carbons (Fsp3) is 0.818. The highest BCUT2D eigenvalue weighted by molar-refractivity contribution is 9.10. The van der Waals surface area contributed by atoms with E-state index in [0.29, 0.717) is 13.0 Å². The summed E-state index contributed by atoms with van der Waals surface area (Å²) in [6.07, 6.45) is 4.87. The zero-order chi connectivity index (χ0) is 12.0. The van der Waals surface area contributed by atoms with Crippen LogP contribution in [0.3, 0.4) is 0 Å². The minimum atomic E-state index is -0.416. The molecule has 0 bridgehead atoms. The van der Waals surface area contributed by atoms with Gasteiger partial charge in [0.2, 0.25) is 5.91 Å². The van der Waals surface area contributed by atoms with Gasteiger partial charge in [-0.15, -0.1) is 0 Å². The van der Waals surface area contributed by atoms with Crippen LogP contribution in [0.2, 0.25) is 0 Å². The number of hydrogen-bond acceptors (Lipinski definition) is 3. The molecule has 0 saturated carbocycles. The van der Waals surface area contributed by atoms with E-state index in [4.69, 9.17) is 0 Å². The fourth-order valence-electron chi connectivity index (χ4n) is 1.80. The van der Waals surface area contributed by atoms with Gasteiger partial charge >= 0.3 is 5.97 Å². The first-order chi connectivity index (χ1) is 7.65. The van der Waals surface area contributed by atoms with Crippen LogP contribution in [-0.4, -0.2) is 41.8 Å². The topological polar surface area (TPSA) is 46.6 Å². The lowest BCUT2D eigenvalue weighted by molar-refractivity contribution is -0.141. The summed E-state index contributed by atoms with van der Waals surface area (Å²) in [6.45, 7) is 1.16. The van der Waals surface area contributed by atoms with Gasteiger partial charge < -0.3 is 9.64 Å². The van der Waals surface area contributed by atoms with Gasteiger partial charge in [0.05, 0.1) is 7.11 Å². The van der Waals surface area contributed by atoms with Gasteiger partial charge in [-0.2, -0.15) is 0 Å². The molecule has 0 aromatic rings. The Morgan fingerprint density at radius 2 is 2.12 bits per heavy atom. The number of halogens is 1. The molecule has 0 aromatic heterocycles. The summed E-state index contributed by atoms with van der Waals surface area (Å²) in [5, 5.41) is 0. The van der Waals surface area contributed by atoms with Crippen molar-refractivity contribution in [2.24, 2.45) is 0 Å². The Hall–Kier alpha value is -0.580. The number of methoxy groups -OCH3 is 1. The Morgan fingerprint density at radius 3 is 2.81 bits per heavy atom. The van der Waals surface area contributed by atoms with Gasteiger partial charge in [0.1, 0.15) is 4.83 Å². The SMILES string of the molecule is COC(=O)C(Br)CN1CCCCCCC1=O. The molecule has 1 heterocycles. The molecule has 0 spiro atoms. The van der Waals surface area contributed by atoms with E-state index in [1.54, 1.807) is 4.90 Å². The largest absolute Gasteiger partial charge is 0.468 e. The van der Waals surface area contributed by atoms with Crippen molar-refractivity contribution in [2.45, 2.75) is 36.9 Å². The van der Waals surface area contributed by atoms with Crippen molar-refractivity contribution in [3.05, 3.63) is 0 Å². The Bertz CT molecular complexity index is 258. The van der Waals surface area contributed by atoms with Crippen LogP contribution in [-0.2, 0) is 14.3 Å². The highest BCUT2D eigenvalue weighted by Gasteiger charge is 2.23. The van der Waals surface area contributed by atoms with E-state index < -0.39 is 4.83 Å². The average molecular weight is 292 g/mol.